The molecule has 6 rings (SSSR count). The Morgan fingerprint density at radius 3 is 2.53 bits per heavy atom. The van der Waals surface area contributed by atoms with Crippen LogP contribution in [0.25, 0.3) is 11.4 Å². The molecule has 2 aromatic carbocycles. The molecule has 12 nitrogen and oxygen atoms in total. The van der Waals surface area contributed by atoms with Crippen molar-refractivity contribution in [1.82, 2.24) is 25.1 Å². The number of fused-ring (bicyclic) bond motifs is 3. The van der Waals surface area contributed by atoms with Crippen LogP contribution < -0.4 is 15.5 Å². The van der Waals surface area contributed by atoms with E-state index < -0.39 is 10.1 Å². The lowest BCUT2D eigenvalue weighted by Gasteiger charge is -2.28. The zero-order valence-corrected chi connectivity index (χ0v) is 24.6. The average molecular weight is 610 g/mol. The van der Waals surface area contributed by atoms with Gasteiger partial charge in [0.15, 0.2) is 5.69 Å². The molecule has 2 aromatic heterocycles. The summed E-state index contributed by atoms with van der Waals surface area (Å²) in [5.41, 5.74) is 6.57. The number of rotatable bonds is 6. The number of hydrogen-bond acceptors (Lipinski definition) is 9. The number of ether oxygens (including phenoxy) is 1. The number of halogens is 1. The highest BCUT2D eigenvalue weighted by Crippen LogP contribution is 2.34. The first kappa shape index (κ1) is 30.1. The fraction of sp³-hybridized carbons (Fsp3) is 0.310. The summed E-state index contributed by atoms with van der Waals surface area (Å²) in [5, 5.41) is 10.7. The van der Waals surface area contributed by atoms with Crippen LogP contribution in [0.3, 0.4) is 0 Å². The lowest BCUT2D eigenvalue weighted by molar-refractivity contribution is 0.0944. The number of aromatic nitrogens is 4. The molecule has 1 aliphatic carbocycles. The Kier molecular flexibility index (Phi) is 8.99. The van der Waals surface area contributed by atoms with E-state index >= 15 is 0 Å². The van der Waals surface area contributed by atoms with Gasteiger partial charge in [-0.2, -0.15) is 13.5 Å². The van der Waals surface area contributed by atoms with Crippen molar-refractivity contribution in [3.8, 4) is 11.4 Å². The SMILES string of the molecule is CS(=O)(=O)O.Cn1nc(C(=O)NCc2cccc(F)c2)c2c1-c1nc(Nc3ccc(N4CCOCC4)cc3)ncc1CC2. The summed E-state index contributed by atoms with van der Waals surface area (Å²) >= 11 is 0. The summed E-state index contributed by atoms with van der Waals surface area (Å²) in [5.74, 6) is -0.142. The number of carbonyl (C=O) groups excluding carboxylic acids is 1. The zero-order chi connectivity index (χ0) is 30.6. The number of anilines is 3. The van der Waals surface area contributed by atoms with Crippen LogP contribution in [0.2, 0.25) is 0 Å². The standard InChI is InChI=1S/C28H28FN7O2.CH4O3S/c1-35-26-23(25(34-35)27(37)30-16-18-3-2-4-20(29)15-18)10-5-19-17-31-28(33-24(19)26)32-21-6-8-22(9-7-21)36-11-13-38-14-12-36;1-5(2,3)4/h2-4,6-9,15,17H,5,10-14,16H2,1H3,(H,30,37)(H,31,32,33);1H3,(H,2,3,4). The van der Waals surface area contributed by atoms with Gasteiger partial charge < -0.3 is 20.3 Å². The van der Waals surface area contributed by atoms with Gasteiger partial charge in [0.1, 0.15) is 5.82 Å². The van der Waals surface area contributed by atoms with Crippen molar-refractivity contribution in [3.05, 3.63) is 82.9 Å². The minimum absolute atomic E-state index is 0.221. The van der Waals surface area contributed by atoms with E-state index in [0.717, 1.165) is 60.2 Å². The number of morpholine rings is 1. The molecule has 1 aliphatic heterocycles. The first-order chi connectivity index (χ1) is 20.5. The van der Waals surface area contributed by atoms with Gasteiger partial charge in [-0.3, -0.25) is 14.0 Å². The topological polar surface area (TPSA) is 152 Å². The highest BCUT2D eigenvalue weighted by molar-refractivity contribution is 7.85. The van der Waals surface area contributed by atoms with E-state index in [1.807, 2.05) is 25.4 Å². The molecule has 226 valence electrons. The number of carbonyl (C=O) groups is 1. The first-order valence-corrected chi connectivity index (χ1v) is 15.5. The molecule has 0 spiro atoms. The normalized spacial score (nSPS) is 14.2. The Labute approximate surface area is 248 Å². The lowest BCUT2D eigenvalue weighted by Crippen LogP contribution is -2.36. The van der Waals surface area contributed by atoms with Crippen molar-refractivity contribution in [1.29, 1.82) is 0 Å². The van der Waals surface area contributed by atoms with Crippen LogP contribution in [-0.2, 0) is 41.3 Å². The molecule has 1 fully saturated rings. The van der Waals surface area contributed by atoms with Crippen molar-refractivity contribution in [2.45, 2.75) is 19.4 Å². The van der Waals surface area contributed by atoms with Crippen molar-refractivity contribution < 1.29 is 26.9 Å². The van der Waals surface area contributed by atoms with Crippen LogP contribution in [0.4, 0.5) is 21.7 Å². The number of aryl methyl sites for hydroxylation is 2. The van der Waals surface area contributed by atoms with Crippen LogP contribution in [0.15, 0.2) is 54.7 Å². The van der Waals surface area contributed by atoms with Gasteiger partial charge in [-0.25, -0.2) is 14.4 Å². The maximum Gasteiger partial charge on any atom is 0.272 e. The maximum absolute atomic E-state index is 13.5. The summed E-state index contributed by atoms with van der Waals surface area (Å²) < 4.78 is 46.5. The number of amides is 1. The molecule has 43 heavy (non-hydrogen) atoms. The molecule has 1 saturated heterocycles. The van der Waals surface area contributed by atoms with Crippen LogP contribution >= 0.6 is 0 Å². The highest BCUT2D eigenvalue weighted by atomic mass is 32.2. The van der Waals surface area contributed by atoms with Crippen LogP contribution in [0.5, 0.6) is 0 Å². The molecule has 14 heteroatoms. The maximum atomic E-state index is 13.5. The minimum Gasteiger partial charge on any atom is -0.378 e. The second-order valence-electron chi connectivity index (χ2n) is 10.2. The molecule has 3 N–H and O–H groups in total. The van der Waals surface area contributed by atoms with Crippen molar-refractivity contribution in [2.24, 2.45) is 7.05 Å². The Morgan fingerprint density at radius 2 is 1.84 bits per heavy atom. The van der Waals surface area contributed by atoms with Crippen molar-refractivity contribution >= 4 is 33.3 Å². The molecule has 0 bridgehead atoms. The third-order valence-electron chi connectivity index (χ3n) is 6.94. The third kappa shape index (κ3) is 7.71. The second kappa shape index (κ2) is 12.9. The molecular formula is C29H32FN7O5S. The van der Waals surface area contributed by atoms with E-state index in [1.54, 1.807) is 16.8 Å². The zero-order valence-electron chi connectivity index (χ0n) is 23.7. The molecule has 0 unspecified atom stereocenters. The quantitative estimate of drug-likeness (QED) is 0.278. The fourth-order valence-corrected chi connectivity index (χ4v) is 5.02. The number of hydrogen-bond donors (Lipinski definition) is 3. The summed E-state index contributed by atoms with van der Waals surface area (Å²) in [7, 11) is -1.85. The van der Waals surface area contributed by atoms with E-state index in [4.69, 9.17) is 14.3 Å². The van der Waals surface area contributed by atoms with Gasteiger partial charge in [0.05, 0.1) is 30.9 Å². The van der Waals surface area contributed by atoms with Gasteiger partial charge in [0, 0.05) is 49.8 Å². The predicted molar refractivity (Wildman–Crippen MR) is 159 cm³/mol. The smallest absolute Gasteiger partial charge is 0.272 e. The molecule has 0 radical (unpaired) electrons. The van der Waals surface area contributed by atoms with Crippen molar-refractivity contribution in [3.63, 3.8) is 0 Å². The van der Waals surface area contributed by atoms with E-state index in [-0.39, 0.29) is 18.3 Å². The van der Waals surface area contributed by atoms with Gasteiger partial charge >= 0.3 is 0 Å². The van der Waals surface area contributed by atoms with E-state index in [0.29, 0.717) is 36.3 Å². The average Bonchev–Trinajstić information content (AvgIpc) is 3.33. The molecule has 1 amide bonds. The third-order valence-corrected chi connectivity index (χ3v) is 6.94. The summed E-state index contributed by atoms with van der Waals surface area (Å²) in [6.45, 7) is 3.49. The van der Waals surface area contributed by atoms with E-state index in [2.05, 4.69) is 37.7 Å². The first-order valence-electron chi connectivity index (χ1n) is 13.6. The Morgan fingerprint density at radius 1 is 1.12 bits per heavy atom. The Hall–Kier alpha value is -4.40. The van der Waals surface area contributed by atoms with Crippen LogP contribution in [0, 0.1) is 5.82 Å². The molecule has 3 heterocycles. The molecule has 0 saturated carbocycles. The molecule has 0 atom stereocenters. The van der Waals surface area contributed by atoms with Gasteiger partial charge in [-0.1, -0.05) is 12.1 Å². The second-order valence-corrected chi connectivity index (χ2v) is 11.6. The summed E-state index contributed by atoms with van der Waals surface area (Å²) in [6, 6.07) is 14.4. The van der Waals surface area contributed by atoms with Crippen LogP contribution in [-0.4, -0.2) is 71.2 Å². The number of nitrogens with one attached hydrogen (secondary N) is 2. The van der Waals surface area contributed by atoms with Gasteiger partial charge in [-0.15, -0.1) is 0 Å². The van der Waals surface area contributed by atoms with Gasteiger partial charge in [0.2, 0.25) is 5.95 Å². The Balaban J connectivity index is 0.000000682. The Bertz CT molecular complexity index is 1710. The van der Waals surface area contributed by atoms with E-state index in [9.17, 15) is 17.6 Å². The fourth-order valence-electron chi connectivity index (χ4n) is 5.02. The molecule has 4 aromatic rings. The predicted octanol–water partition coefficient (Wildman–Crippen LogP) is 3.13. The monoisotopic (exact) mass is 609 g/mol. The summed E-state index contributed by atoms with van der Waals surface area (Å²) in [4.78, 5) is 24.7. The largest absolute Gasteiger partial charge is 0.378 e. The highest BCUT2D eigenvalue weighted by Gasteiger charge is 2.29. The molecule has 2 aliphatic rings. The summed E-state index contributed by atoms with van der Waals surface area (Å²) in [6.07, 6.45) is 3.93. The van der Waals surface area contributed by atoms with E-state index in [1.165, 1.54) is 12.1 Å². The molecular weight excluding hydrogens is 577 g/mol. The van der Waals surface area contributed by atoms with Crippen LogP contribution in [0.1, 0.15) is 27.2 Å². The lowest BCUT2D eigenvalue weighted by atomic mass is 9.93. The van der Waals surface area contributed by atoms with Crippen molar-refractivity contribution in [2.75, 3.05) is 42.8 Å². The van der Waals surface area contributed by atoms with Gasteiger partial charge in [-0.05, 0) is 60.4 Å². The van der Waals surface area contributed by atoms with Gasteiger partial charge in [0.25, 0.3) is 16.0 Å². The number of benzene rings is 2. The minimum atomic E-state index is -3.67. The number of nitrogens with zero attached hydrogens (tertiary/aromatic N) is 5.